The van der Waals surface area contributed by atoms with Crippen LogP contribution >= 0.6 is 0 Å². The van der Waals surface area contributed by atoms with Gasteiger partial charge in [0.15, 0.2) is 5.78 Å². The van der Waals surface area contributed by atoms with Gasteiger partial charge in [0.05, 0.1) is 11.3 Å². The first-order chi connectivity index (χ1) is 20.5. The van der Waals surface area contributed by atoms with Gasteiger partial charge in [-0.25, -0.2) is 4.98 Å². The van der Waals surface area contributed by atoms with E-state index in [1.54, 1.807) is 6.20 Å². The fourth-order valence-electron chi connectivity index (χ4n) is 5.81. The van der Waals surface area contributed by atoms with E-state index in [4.69, 9.17) is 9.52 Å². The summed E-state index contributed by atoms with van der Waals surface area (Å²) < 4.78 is 8.44. The summed E-state index contributed by atoms with van der Waals surface area (Å²) in [6.07, 6.45) is 4.88. The summed E-state index contributed by atoms with van der Waals surface area (Å²) in [6, 6.07) is 25.4. The van der Waals surface area contributed by atoms with Crippen molar-refractivity contribution in [1.82, 2.24) is 4.98 Å². The van der Waals surface area contributed by atoms with Crippen molar-refractivity contribution in [3.63, 3.8) is 0 Å². The number of hydrogen-bond donors (Lipinski definition) is 1. The van der Waals surface area contributed by atoms with Gasteiger partial charge in [0.25, 0.3) is 0 Å². The summed E-state index contributed by atoms with van der Waals surface area (Å²) in [5, 5.41) is 14.3. The number of carbonyl (C=O) groups is 1. The first-order valence-electron chi connectivity index (χ1n) is 14.8. The van der Waals surface area contributed by atoms with Crippen molar-refractivity contribution in [2.24, 2.45) is 11.8 Å². The molecule has 6 heteroatoms. The van der Waals surface area contributed by atoms with E-state index < -0.39 is 0 Å². The summed E-state index contributed by atoms with van der Waals surface area (Å²) >= 11 is 0. The topological polar surface area (TPSA) is 67.2 Å². The number of hydrogen-bond acceptors (Lipinski definition) is 4. The van der Waals surface area contributed by atoms with Crippen LogP contribution in [0.5, 0.6) is 0 Å². The van der Waals surface area contributed by atoms with Gasteiger partial charge >= 0.3 is 0 Å². The number of benzene rings is 3. The number of ketones is 1. The first-order valence-corrected chi connectivity index (χ1v) is 14.8. The number of aliphatic hydroxyl groups is 1. The summed E-state index contributed by atoms with van der Waals surface area (Å²) in [7, 11) is 4.54. The van der Waals surface area contributed by atoms with E-state index in [9.17, 15) is 4.79 Å². The molecule has 3 aromatic heterocycles. The van der Waals surface area contributed by atoms with E-state index >= 15 is 0 Å². The minimum atomic E-state index is -0.125. The Bertz CT molecular complexity index is 2000. The molecule has 0 unspecified atom stereocenters. The Kier molecular flexibility index (Phi) is 10.3. The normalized spacial score (nSPS) is 11.8. The Morgan fingerprint density at radius 2 is 1.68 bits per heavy atom. The van der Waals surface area contributed by atoms with Crippen LogP contribution in [0.2, 0.25) is 0 Å². The van der Waals surface area contributed by atoms with Crippen molar-refractivity contribution >= 4 is 49.5 Å². The molecule has 1 N–H and O–H groups in total. The van der Waals surface area contributed by atoms with Gasteiger partial charge in [-0.1, -0.05) is 63.4 Å². The van der Waals surface area contributed by atoms with Gasteiger partial charge in [-0.15, -0.1) is 17.7 Å². The van der Waals surface area contributed by atoms with Gasteiger partial charge < -0.3 is 14.1 Å². The zero-order chi connectivity index (χ0) is 30.8. The average Bonchev–Trinajstić information content (AvgIpc) is 3.31. The molecule has 0 aliphatic rings. The molecule has 44 heavy (non-hydrogen) atoms. The molecule has 0 bridgehead atoms. The van der Waals surface area contributed by atoms with Gasteiger partial charge in [-0.05, 0) is 84.7 Å². The zero-order valence-electron chi connectivity index (χ0n) is 26.2. The molecule has 0 aliphatic carbocycles. The van der Waals surface area contributed by atoms with Gasteiger partial charge in [0, 0.05) is 50.2 Å². The number of nitrogens with zero attached hydrogens (tertiary/aromatic N) is 2. The summed E-state index contributed by atoms with van der Waals surface area (Å²) in [6.45, 7) is 11.9. The summed E-state index contributed by atoms with van der Waals surface area (Å²) in [5.74, 6) is 0.981. The molecule has 0 aliphatic heterocycles. The predicted octanol–water partition coefficient (Wildman–Crippen LogP) is 9.11. The zero-order valence-corrected chi connectivity index (χ0v) is 28.6. The quantitative estimate of drug-likeness (QED) is 0.0605. The van der Waals surface area contributed by atoms with E-state index in [0.29, 0.717) is 17.5 Å². The van der Waals surface area contributed by atoms with Crippen molar-refractivity contribution in [2.45, 2.75) is 54.4 Å². The fourth-order valence-corrected chi connectivity index (χ4v) is 5.81. The van der Waals surface area contributed by atoms with Gasteiger partial charge in [-0.3, -0.25) is 4.79 Å². The Morgan fingerprint density at radius 3 is 2.34 bits per heavy atom. The molecule has 0 saturated carbocycles. The van der Waals surface area contributed by atoms with Gasteiger partial charge in [-0.2, -0.15) is 0 Å². The van der Waals surface area contributed by atoms with Crippen LogP contribution in [-0.2, 0) is 37.7 Å². The van der Waals surface area contributed by atoms with Gasteiger partial charge in [0.1, 0.15) is 11.2 Å². The molecule has 6 rings (SSSR count). The number of aromatic nitrogens is 2. The van der Waals surface area contributed by atoms with Crippen molar-refractivity contribution in [3.8, 4) is 11.3 Å². The number of aliphatic hydroxyl groups excluding tert-OH is 1. The third-order valence-electron chi connectivity index (χ3n) is 7.38. The number of carbonyl (C=O) groups excluding carboxylic acids is 1. The van der Waals surface area contributed by atoms with Crippen molar-refractivity contribution in [2.75, 3.05) is 0 Å². The Balaban J connectivity index is 0.000000497. The molecule has 0 fully saturated rings. The number of pyridine rings is 2. The van der Waals surface area contributed by atoms with Crippen LogP contribution in [0.25, 0.3) is 55.0 Å². The largest absolute Gasteiger partial charge is 0.512 e. The fraction of sp³-hybridized carbons (Fsp3) is 0.263. The van der Waals surface area contributed by atoms with Crippen molar-refractivity contribution < 1.29 is 39.0 Å². The Hall–Kier alpha value is -3.99. The Morgan fingerprint density at radius 1 is 0.977 bits per heavy atom. The third-order valence-corrected chi connectivity index (χ3v) is 7.38. The summed E-state index contributed by atoms with van der Waals surface area (Å²) in [5.41, 5.74) is 7.09. The second-order valence-corrected chi connectivity index (χ2v) is 12.1. The second-order valence-electron chi connectivity index (χ2n) is 12.1. The molecule has 6 aromatic rings. The van der Waals surface area contributed by atoms with E-state index in [2.05, 4.69) is 105 Å². The maximum Gasteiger partial charge on any atom is 0.216 e. The molecule has 1 radical (unpaired) electrons. The number of allylic oxidation sites excluding steroid dienone is 2. The minimum absolute atomic E-state index is 0. The maximum absolute atomic E-state index is 10.0. The standard InChI is InChI=1S/C33H31N2O.C5H8O2.Ir/c1-20(2)15-22-17-27-26-11-8-14-34-33(26)36-32(27)28(18-22)30-19-24(16-21(3)4)31-25-10-7-6-9-23(25)12-13-29(31)35(30)5;1-4(6)3-5(2)7;/h6-14,17,19-21H,5,15-16H2,1-4H3;3,6H,1-2H3;/q-1;;/b;4-3-;. The third kappa shape index (κ3) is 6.88. The number of furan rings is 1. The first kappa shape index (κ1) is 32.9. The smallest absolute Gasteiger partial charge is 0.216 e. The van der Waals surface area contributed by atoms with Crippen LogP contribution in [0.4, 0.5) is 0 Å². The van der Waals surface area contributed by atoms with Crippen molar-refractivity contribution in [3.05, 3.63) is 103 Å². The summed E-state index contributed by atoms with van der Waals surface area (Å²) in [4.78, 5) is 14.5. The monoisotopic (exact) mass is 764 g/mol. The van der Waals surface area contributed by atoms with Crippen LogP contribution < -0.4 is 4.57 Å². The predicted molar refractivity (Wildman–Crippen MR) is 176 cm³/mol. The maximum atomic E-state index is 10.0. The van der Waals surface area contributed by atoms with Crippen LogP contribution in [-0.4, -0.2) is 15.9 Å². The molecule has 3 heterocycles. The average molecular weight is 764 g/mol. The van der Waals surface area contributed by atoms with Gasteiger partial charge in [0.2, 0.25) is 5.71 Å². The number of rotatable bonds is 6. The van der Waals surface area contributed by atoms with Crippen LogP contribution in [0.3, 0.4) is 0 Å². The van der Waals surface area contributed by atoms with Crippen LogP contribution in [0.15, 0.2) is 83.1 Å². The number of fused-ring (bicyclic) bond motifs is 6. The SMILES string of the molecule is CC(=O)/C=C(/C)O.[CH2-][n+]1c(-c2[c-]c(CC(C)C)cc3c2oc2ncccc23)cc(CC(C)C)c2c3ccccc3ccc21.[Ir]. The molecule has 0 spiro atoms. The molecular formula is C38H39IrN2O3-. The molecule has 229 valence electrons. The molecule has 5 nitrogen and oxygen atoms in total. The Labute approximate surface area is 273 Å². The minimum Gasteiger partial charge on any atom is -0.512 e. The molecule has 0 atom stereocenters. The van der Waals surface area contributed by atoms with Crippen LogP contribution in [0.1, 0.15) is 52.7 Å². The van der Waals surface area contributed by atoms with Crippen molar-refractivity contribution in [1.29, 1.82) is 0 Å². The van der Waals surface area contributed by atoms with E-state index in [-0.39, 0.29) is 31.6 Å². The second kappa shape index (κ2) is 13.8. The molecule has 0 amide bonds. The van der Waals surface area contributed by atoms with E-state index in [1.165, 1.54) is 47.2 Å². The van der Waals surface area contributed by atoms with Crippen LogP contribution in [0, 0.1) is 24.9 Å². The molecule has 0 saturated heterocycles. The molecular weight excluding hydrogens is 725 g/mol. The van der Waals surface area contributed by atoms with E-state index in [1.807, 2.05) is 6.07 Å². The molecule has 3 aromatic carbocycles. The van der Waals surface area contributed by atoms with E-state index in [0.717, 1.165) is 46.0 Å².